The van der Waals surface area contributed by atoms with Crippen LogP contribution in [-0.2, 0) is 0 Å². The number of rotatable bonds is 4. The van der Waals surface area contributed by atoms with E-state index in [1.54, 1.807) is 61.7 Å². The number of aryl methyl sites for hydroxylation is 1. The SMILES string of the molecule is COc1ccc(-n2nc(C(=O)Nc3cccc(C)n3)c3ccccc3c2=O)cc1. The molecule has 7 heteroatoms. The van der Waals surface area contributed by atoms with Crippen LogP contribution in [0.4, 0.5) is 5.82 Å². The molecule has 2 aromatic heterocycles. The molecule has 4 rings (SSSR count). The van der Waals surface area contributed by atoms with Crippen LogP contribution in [0.25, 0.3) is 16.5 Å². The highest BCUT2D eigenvalue weighted by Gasteiger charge is 2.18. The molecule has 2 heterocycles. The van der Waals surface area contributed by atoms with E-state index in [9.17, 15) is 9.59 Å². The van der Waals surface area contributed by atoms with Gasteiger partial charge in [0.1, 0.15) is 11.6 Å². The van der Waals surface area contributed by atoms with Gasteiger partial charge in [0.05, 0.1) is 18.2 Å². The maximum atomic E-state index is 13.0. The second-order valence-electron chi connectivity index (χ2n) is 6.43. The summed E-state index contributed by atoms with van der Waals surface area (Å²) in [6.45, 7) is 1.84. The number of aromatic nitrogens is 3. The summed E-state index contributed by atoms with van der Waals surface area (Å²) in [7, 11) is 1.57. The molecule has 0 radical (unpaired) electrons. The minimum atomic E-state index is -0.443. The first-order chi connectivity index (χ1) is 14.1. The lowest BCUT2D eigenvalue weighted by atomic mass is 10.1. The highest BCUT2D eigenvalue weighted by Crippen LogP contribution is 2.18. The van der Waals surface area contributed by atoms with Crippen molar-refractivity contribution in [3.63, 3.8) is 0 Å². The Hall–Kier alpha value is -4.00. The lowest BCUT2D eigenvalue weighted by molar-refractivity contribution is 0.102. The molecule has 2 aromatic carbocycles. The van der Waals surface area contributed by atoms with Gasteiger partial charge in [-0.3, -0.25) is 9.59 Å². The van der Waals surface area contributed by atoms with Gasteiger partial charge < -0.3 is 10.1 Å². The van der Waals surface area contributed by atoms with E-state index < -0.39 is 5.91 Å². The third kappa shape index (κ3) is 3.58. The summed E-state index contributed by atoms with van der Waals surface area (Å²) in [4.78, 5) is 30.3. The van der Waals surface area contributed by atoms with E-state index in [4.69, 9.17) is 4.74 Å². The number of methoxy groups -OCH3 is 1. The Morgan fingerprint density at radius 3 is 2.38 bits per heavy atom. The molecular formula is C22H18N4O3. The fourth-order valence-corrected chi connectivity index (χ4v) is 3.04. The molecule has 0 spiro atoms. The van der Waals surface area contributed by atoms with E-state index in [0.29, 0.717) is 28.0 Å². The molecule has 0 fully saturated rings. The number of amides is 1. The summed E-state index contributed by atoms with van der Waals surface area (Å²) in [5.74, 6) is 0.635. The van der Waals surface area contributed by atoms with E-state index in [2.05, 4.69) is 15.4 Å². The number of nitrogens with one attached hydrogen (secondary N) is 1. The Balaban J connectivity index is 1.85. The number of carbonyl (C=O) groups excluding carboxylic acids is 1. The first-order valence-corrected chi connectivity index (χ1v) is 8.98. The molecule has 1 amide bonds. The highest BCUT2D eigenvalue weighted by molar-refractivity contribution is 6.10. The number of carbonyl (C=O) groups is 1. The number of fused-ring (bicyclic) bond motifs is 1. The van der Waals surface area contributed by atoms with Gasteiger partial charge in [-0.25, -0.2) is 4.98 Å². The monoisotopic (exact) mass is 386 g/mol. The van der Waals surface area contributed by atoms with Crippen LogP contribution in [0, 0.1) is 6.92 Å². The van der Waals surface area contributed by atoms with Crippen LogP contribution >= 0.6 is 0 Å². The Bertz CT molecular complexity index is 1260. The topological polar surface area (TPSA) is 86.1 Å². The first-order valence-electron chi connectivity index (χ1n) is 8.98. The summed E-state index contributed by atoms with van der Waals surface area (Å²) in [5, 5.41) is 8.01. The van der Waals surface area contributed by atoms with Crippen molar-refractivity contribution >= 4 is 22.5 Å². The number of hydrogen-bond donors (Lipinski definition) is 1. The van der Waals surface area contributed by atoms with Crippen LogP contribution < -0.4 is 15.6 Å². The van der Waals surface area contributed by atoms with Crippen molar-refractivity contribution in [2.45, 2.75) is 6.92 Å². The molecule has 4 aromatic rings. The molecule has 0 aliphatic carbocycles. The lowest BCUT2D eigenvalue weighted by Gasteiger charge is -2.11. The smallest absolute Gasteiger partial charge is 0.279 e. The summed E-state index contributed by atoms with van der Waals surface area (Å²) < 4.78 is 6.39. The molecule has 7 nitrogen and oxygen atoms in total. The third-order valence-electron chi connectivity index (χ3n) is 4.47. The molecule has 0 unspecified atom stereocenters. The Labute approximate surface area is 166 Å². The number of nitrogens with zero attached hydrogens (tertiary/aromatic N) is 3. The predicted octanol–water partition coefficient (Wildman–Crippen LogP) is 3.35. The van der Waals surface area contributed by atoms with Gasteiger partial charge in [0, 0.05) is 11.1 Å². The van der Waals surface area contributed by atoms with Gasteiger partial charge in [0.15, 0.2) is 5.69 Å². The third-order valence-corrected chi connectivity index (χ3v) is 4.47. The van der Waals surface area contributed by atoms with Gasteiger partial charge in [-0.15, -0.1) is 0 Å². The largest absolute Gasteiger partial charge is 0.497 e. The summed E-state index contributed by atoms with van der Waals surface area (Å²) >= 11 is 0. The molecule has 0 bridgehead atoms. The van der Waals surface area contributed by atoms with Crippen molar-refractivity contribution in [1.82, 2.24) is 14.8 Å². The van der Waals surface area contributed by atoms with Crippen molar-refractivity contribution < 1.29 is 9.53 Å². The summed E-state index contributed by atoms with van der Waals surface area (Å²) in [6.07, 6.45) is 0. The van der Waals surface area contributed by atoms with Gasteiger partial charge in [-0.1, -0.05) is 24.3 Å². The standard InChI is InChI=1S/C22H18N4O3/c1-14-6-5-9-19(23-14)24-21(27)20-17-7-3-4-8-18(17)22(28)26(25-20)15-10-12-16(29-2)13-11-15/h3-13H,1-2H3,(H,23,24,27). The number of ether oxygens (including phenoxy) is 1. The van der Waals surface area contributed by atoms with Crippen LogP contribution in [0.3, 0.4) is 0 Å². The second kappa shape index (κ2) is 7.55. The normalized spacial score (nSPS) is 10.7. The Kier molecular flexibility index (Phi) is 4.78. The van der Waals surface area contributed by atoms with Gasteiger partial charge in [0.25, 0.3) is 11.5 Å². The summed E-state index contributed by atoms with van der Waals surface area (Å²) in [6, 6.07) is 19.2. The molecule has 1 N–H and O–H groups in total. The first kappa shape index (κ1) is 18.4. The predicted molar refractivity (Wildman–Crippen MR) is 111 cm³/mol. The van der Waals surface area contributed by atoms with Crippen molar-refractivity contribution in [3.8, 4) is 11.4 Å². The van der Waals surface area contributed by atoms with Crippen molar-refractivity contribution in [2.75, 3.05) is 12.4 Å². The van der Waals surface area contributed by atoms with Crippen LogP contribution in [0.1, 0.15) is 16.2 Å². The number of anilines is 1. The van der Waals surface area contributed by atoms with Gasteiger partial charge in [0.2, 0.25) is 0 Å². The van der Waals surface area contributed by atoms with Crippen LogP contribution in [0.5, 0.6) is 5.75 Å². The molecule has 0 aliphatic rings. The van der Waals surface area contributed by atoms with E-state index in [0.717, 1.165) is 5.69 Å². The average molecular weight is 386 g/mol. The molecular weight excluding hydrogens is 368 g/mol. The zero-order chi connectivity index (χ0) is 20.4. The molecule has 144 valence electrons. The number of pyridine rings is 1. The lowest BCUT2D eigenvalue weighted by Crippen LogP contribution is -2.26. The Morgan fingerprint density at radius 2 is 1.69 bits per heavy atom. The zero-order valence-electron chi connectivity index (χ0n) is 15.9. The summed E-state index contributed by atoms with van der Waals surface area (Å²) in [5.41, 5.74) is 1.14. The van der Waals surface area contributed by atoms with Gasteiger partial charge >= 0.3 is 0 Å². The van der Waals surface area contributed by atoms with E-state index >= 15 is 0 Å². The minimum Gasteiger partial charge on any atom is -0.497 e. The van der Waals surface area contributed by atoms with Crippen molar-refractivity contribution in [1.29, 1.82) is 0 Å². The van der Waals surface area contributed by atoms with E-state index in [-0.39, 0.29) is 11.3 Å². The highest BCUT2D eigenvalue weighted by atomic mass is 16.5. The second-order valence-corrected chi connectivity index (χ2v) is 6.43. The fourth-order valence-electron chi connectivity index (χ4n) is 3.04. The van der Waals surface area contributed by atoms with Gasteiger partial charge in [-0.2, -0.15) is 9.78 Å². The number of hydrogen-bond acceptors (Lipinski definition) is 5. The van der Waals surface area contributed by atoms with Crippen LogP contribution in [-0.4, -0.2) is 27.8 Å². The quantitative estimate of drug-likeness (QED) is 0.581. The maximum absolute atomic E-state index is 13.0. The minimum absolute atomic E-state index is 0.138. The fraction of sp³-hybridized carbons (Fsp3) is 0.0909. The van der Waals surface area contributed by atoms with Gasteiger partial charge in [-0.05, 0) is 49.4 Å². The zero-order valence-corrected chi connectivity index (χ0v) is 15.9. The molecule has 0 aliphatic heterocycles. The van der Waals surface area contributed by atoms with Crippen LogP contribution in [0.15, 0.2) is 71.5 Å². The molecule has 0 saturated heterocycles. The Morgan fingerprint density at radius 1 is 0.966 bits per heavy atom. The molecule has 29 heavy (non-hydrogen) atoms. The van der Waals surface area contributed by atoms with Crippen molar-refractivity contribution in [3.05, 3.63) is 88.5 Å². The van der Waals surface area contributed by atoms with E-state index in [1.807, 2.05) is 19.1 Å². The average Bonchev–Trinajstić information content (AvgIpc) is 2.74. The molecule has 0 saturated carbocycles. The maximum Gasteiger partial charge on any atom is 0.279 e. The van der Waals surface area contributed by atoms with Crippen molar-refractivity contribution in [2.24, 2.45) is 0 Å². The molecule has 0 atom stereocenters. The van der Waals surface area contributed by atoms with E-state index in [1.165, 1.54) is 4.68 Å². The van der Waals surface area contributed by atoms with Crippen LogP contribution in [0.2, 0.25) is 0 Å². The number of benzene rings is 2.